The zero-order valence-corrected chi connectivity index (χ0v) is 12.2. The largest absolute Gasteiger partial charge is 0.353 e. The quantitative estimate of drug-likeness (QED) is 0.884. The van der Waals surface area contributed by atoms with E-state index in [-0.39, 0.29) is 11.8 Å². The Hall–Kier alpha value is -1.88. The molecule has 1 aliphatic heterocycles. The monoisotopic (exact) mass is 275 g/mol. The Kier molecular flexibility index (Phi) is 4.39. The lowest BCUT2D eigenvalue weighted by atomic mass is 10.1. The maximum Gasteiger partial charge on any atom is 0.254 e. The summed E-state index contributed by atoms with van der Waals surface area (Å²) in [6.45, 7) is 3.68. The van der Waals surface area contributed by atoms with Gasteiger partial charge in [0.2, 0.25) is 5.91 Å². The van der Waals surface area contributed by atoms with Gasteiger partial charge in [0.15, 0.2) is 0 Å². The molecule has 5 heteroatoms. The first kappa shape index (κ1) is 14.5. The van der Waals surface area contributed by atoms with E-state index in [1.54, 1.807) is 11.8 Å². The average molecular weight is 275 g/mol. The van der Waals surface area contributed by atoms with Crippen LogP contribution in [-0.4, -0.2) is 54.8 Å². The molecule has 1 fully saturated rings. The van der Waals surface area contributed by atoms with Crippen molar-refractivity contribution >= 4 is 11.8 Å². The molecule has 2 rings (SSSR count). The molecular weight excluding hydrogens is 254 g/mol. The summed E-state index contributed by atoms with van der Waals surface area (Å²) in [5, 5.41) is 2.76. The fourth-order valence-corrected chi connectivity index (χ4v) is 2.34. The van der Waals surface area contributed by atoms with Crippen LogP contribution in [0.1, 0.15) is 22.8 Å². The van der Waals surface area contributed by atoms with Crippen LogP contribution in [0.3, 0.4) is 0 Å². The number of amides is 2. The summed E-state index contributed by atoms with van der Waals surface area (Å²) in [7, 11) is 4.01. The second-order valence-corrected chi connectivity index (χ2v) is 5.40. The predicted octanol–water partition coefficient (Wildman–Crippen LogP) is 0.709. The van der Waals surface area contributed by atoms with Crippen molar-refractivity contribution in [1.29, 1.82) is 0 Å². The highest BCUT2D eigenvalue weighted by molar-refractivity contribution is 5.98. The van der Waals surface area contributed by atoms with E-state index in [4.69, 9.17) is 0 Å². The lowest BCUT2D eigenvalue weighted by Crippen LogP contribution is -2.55. The highest BCUT2D eigenvalue weighted by Gasteiger charge is 2.29. The van der Waals surface area contributed by atoms with E-state index in [9.17, 15) is 9.59 Å². The fraction of sp³-hybridized carbons (Fsp3) is 0.467. The highest BCUT2D eigenvalue weighted by Crippen LogP contribution is 2.12. The molecule has 1 unspecified atom stereocenters. The number of benzene rings is 1. The van der Waals surface area contributed by atoms with Crippen LogP contribution in [0.5, 0.6) is 0 Å². The van der Waals surface area contributed by atoms with Crippen LogP contribution < -0.4 is 5.32 Å². The Morgan fingerprint density at radius 3 is 2.60 bits per heavy atom. The van der Waals surface area contributed by atoms with Crippen LogP contribution in [0.2, 0.25) is 0 Å². The van der Waals surface area contributed by atoms with Gasteiger partial charge in [-0.15, -0.1) is 0 Å². The van der Waals surface area contributed by atoms with E-state index in [1.165, 1.54) is 0 Å². The van der Waals surface area contributed by atoms with Gasteiger partial charge < -0.3 is 15.1 Å². The van der Waals surface area contributed by atoms with Crippen molar-refractivity contribution in [3.05, 3.63) is 35.4 Å². The van der Waals surface area contributed by atoms with Crippen LogP contribution in [0.25, 0.3) is 0 Å². The van der Waals surface area contributed by atoms with Gasteiger partial charge in [-0.25, -0.2) is 0 Å². The number of rotatable bonds is 3. The molecule has 0 aliphatic carbocycles. The third-order valence-corrected chi connectivity index (χ3v) is 3.46. The number of hydrogen-bond acceptors (Lipinski definition) is 3. The van der Waals surface area contributed by atoms with Crippen molar-refractivity contribution in [2.45, 2.75) is 19.5 Å². The zero-order valence-electron chi connectivity index (χ0n) is 12.2. The Labute approximate surface area is 119 Å². The molecule has 20 heavy (non-hydrogen) atoms. The first-order valence-corrected chi connectivity index (χ1v) is 6.81. The molecule has 0 spiro atoms. The molecule has 0 radical (unpaired) electrons. The smallest absolute Gasteiger partial charge is 0.254 e. The number of nitrogens with one attached hydrogen (secondary N) is 1. The number of piperazine rings is 1. The normalized spacial score (nSPS) is 19.1. The van der Waals surface area contributed by atoms with Gasteiger partial charge in [-0.2, -0.15) is 0 Å². The van der Waals surface area contributed by atoms with Gasteiger partial charge in [0, 0.05) is 25.2 Å². The SMILES string of the molecule is CC1C(=O)NCCN1C(=O)c1ccc(CN(C)C)cc1. The van der Waals surface area contributed by atoms with Gasteiger partial charge in [-0.3, -0.25) is 9.59 Å². The van der Waals surface area contributed by atoms with Crippen LogP contribution in [-0.2, 0) is 11.3 Å². The van der Waals surface area contributed by atoms with Crippen LogP contribution in [0.15, 0.2) is 24.3 Å². The van der Waals surface area contributed by atoms with E-state index in [2.05, 4.69) is 10.2 Å². The maximum absolute atomic E-state index is 12.4. The Morgan fingerprint density at radius 2 is 2.00 bits per heavy atom. The second kappa shape index (κ2) is 6.05. The summed E-state index contributed by atoms with van der Waals surface area (Å²) in [6.07, 6.45) is 0. The van der Waals surface area contributed by atoms with Crippen LogP contribution in [0, 0.1) is 0 Å². The van der Waals surface area contributed by atoms with E-state index >= 15 is 0 Å². The van der Waals surface area contributed by atoms with E-state index in [0.29, 0.717) is 18.7 Å². The van der Waals surface area contributed by atoms with Gasteiger partial charge in [0.05, 0.1) is 0 Å². The van der Waals surface area contributed by atoms with Gasteiger partial charge in [0.1, 0.15) is 6.04 Å². The molecule has 1 N–H and O–H groups in total. The van der Waals surface area contributed by atoms with Crippen molar-refractivity contribution in [2.75, 3.05) is 27.2 Å². The molecule has 108 valence electrons. The van der Waals surface area contributed by atoms with Crippen molar-refractivity contribution in [2.24, 2.45) is 0 Å². The van der Waals surface area contributed by atoms with E-state index in [1.807, 2.05) is 38.4 Å². The summed E-state index contributed by atoms with van der Waals surface area (Å²) in [4.78, 5) is 27.7. The fourth-order valence-electron chi connectivity index (χ4n) is 2.34. The molecular formula is C15H21N3O2. The molecule has 1 atom stereocenters. The maximum atomic E-state index is 12.4. The van der Waals surface area contributed by atoms with Gasteiger partial charge in [-0.1, -0.05) is 12.1 Å². The van der Waals surface area contributed by atoms with Crippen molar-refractivity contribution in [1.82, 2.24) is 15.1 Å². The highest BCUT2D eigenvalue weighted by atomic mass is 16.2. The van der Waals surface area contributed by atoms with Crippen LogP contribution >= 0.6 is 0 Å². The van der Waals surface area contributed by atoms with Gasteiger partial charge in [-0.05, 0) is 38.7 Å². The number of hydrogen-bond donors (Lipinski definition) is 1. The first-order valence-electron chi connectivity index (χ1n) is 6.81. The Morgan fingerprint density at radius 1 is 1.35 bits per heavy atom. The minimum absolute atomic E-state index is 0.0799. The lowest BCUT2D eigenvalue weighted by molar-refractivity contribution is -0.127. The van der Waals surface area contributed by atoms with Crippen molar-refractivity contribution < 1.29 is 9.59 Å². The van der Waals surface area contributed by atoms with Crippen LogP contribution in [0.4, 0.5) is 0 Å². The first-order chi connectivity index (χ1) is 9.49. The molecule has 1 heterocycles. The van der Waals surface area contributed by atoms with E-state index < -0.39 is 6.04 Å². The second-order valence-electron chi connectivity index (χ2n) is 5.40. The van der Waals surface area contributed by atoms with Crippen molar-refractivity contribution in [3.8, 4) is 0 Å². The zero-order chi connectivity index (χ0) is 14.7. The predicted molar refractivity (Wildman–Crippen MR) is 77.3 cm³/mol. The number of nitrogens with zero attached hydrogens (tertiary/aromatic N) is 2. The summed E-state index contributed by atoms with van der Waals surface area (Å²) < 4.78 is 0. The molecule has 0 bridgehead atoms. The molecule has 1 saturated heterocycles. The number of carbonyl (C=O) groups excluding carboxylic acids is 2. The summed E-state index contributed by atoms with van der Waals surface area (Å²) in [5.74, 6) is -0.169. The molecule has 1 aromatic carbocycles. The number of carbonyl (C=O) groups is 2. The molecule has 2 amide bonds. The van der Waals surface area contributed by atoms with E-state index in [0.717, 1.165) is 12.1 Å². The average Bonchev–Trinajstić information content (AvgIpc) is 2.41. The summed E-state index contributed by atoms with van der Waals surface area (Å²) in [6, 6.07) is 7.18. The standard InChI is InChI=1S/C15H21N3O2/c1-11-14(19)16-8-9-18(11)15(20)13-6-4-12(5-7-13)10-17(2)3/h4-7,11H,8-10H2,1-3H3,(H,16,19). The minimum Gasteiger partial charge on any atom is -0.353 e. The molecule has 5 nitrogen and oxygen atoms in total. The Bertz CT molecular complexity index is 496. The molecule has 0 saturated carbocycles. The molecule has 1 aromatic rings. The lowest BCUT2D eigenvalue weighted by Gasteiger charge is -2.32. The van der Waals surface area contributed by atoms with Crippen molar-refractivity contribution in [3.63, 3.8) is 0 Å². The van der Waals surface area contributed by atoms with Gasteiger partial charge in [0.25, 0.3) is 5.91 Å². The summed E-state index contributed by atoms with van der Waals surface area (Å²) in [5.41, 5.74) is 1.80. The molecule has 0 aromatic heterocycles. The molecule has 1 aliphatic rings. The van der Waals surface area contributed by atoms with Gasteiger partial charge >= 0.3 is 0 Å². The third kappa shape index (κ3) is 3.17. The minimum atomic E-state index is -0.405. The third-order valence-electron chi connectivity index (χ3n) is 3.46. The Balaban J connectivity index is 2.10. The topological polar surface area (TPSA) is 52.7 Å². The summed E-state index contributed by atoms with van der Waals surface area (Å²) >= 11 is 0.